The fraction of sp³-hybridized carbons (Fsp3) is 0.733. The number of nitrogens with zero attached hydrogens (tertiary/aromatic N) is 1. The van der Waals surface area contributed by atoms with Crippen LogP contribution >= 0.6 is 0 Å². The molecular weight excluding hydrogens is 502 g/mol. The molecule has 0 rings (SSSR count). The number of carbonyl (C=O) groups excluding carboxylic acids is 4. The zero-order chi connectivity index (χ0) is 29.1. The second kappa shape index (κ2) is 25.6. The molecule has 9 heteroatoms. The van der Waals surface area contributed by atoms with Crippen molar-refractivity contribution >= 4 is 23.9 Å². The molecule has 0 aliphatic carbocycles. The predicted molar refractivity (Wildman–Crippen MR) is 151 cm³/mol. The van der Waals surface area contributed by atoms with Crippen molar-refractivity contribution in [3.05, 3.63) is 25.3 Å². The Morgan fingerprint density at radius 1 is 0.667 bits per heavy atom. The Morgan fingerprint density at radius 2 is 1.10 bits per heavy atom. The molecule has 0 heterocycles. The Morgan fingerprint density at radius 3 is 1.54 bits per heavy atom. The molecule has 0 fully saturated rings. The van der Waals surface area contributed by atoms with E-state index in [2.05, 4.69) is 31.9 Å². The normalized spacial score (nSPS) is 11.5. The summed E-state index contributed by atoms with van der Waals surface area (Å²) < 4.78 is 20.8. The molecule has 1 atom stereocenters. The van der Waals surface area contributed by atoms with E-state index in [0.717, 1.165) is 89.4 Å². The number of hydrogen-bond acceptors (Lipinski definition) is 9. The maximum atomic E-state index is 12.9. The van der Waals surface area contributed by atoms with Crippen molar-refractivity contribution in [1.82, 2.24) is 4.90 Å². The third kappa shape index (κ3) is 21.9. The fourth-order valence-corrected chi connectivity index (χ4v) is 3.94. The third-order valence-corrected chi connectivity index (χ3v) is 6.00. The van der Waals surface area contributed by atoms with E-state index in [1.807, 2.05) is 0 Å². The molecule has 0 N–H and O–H groups in total. The van der Waals surface area contributed by atoms with Crippen LogP contribution in [0.25, 0.3) is 0 Å². The lowest BCUT2D eigenvalue weighted by Crippen LogP contribution is -2.35. The number of rotatable bonds is 26. The standard InChI is InChI=1S/C30H51NO8/c1-5-19-31(20-6-2)25-26(30(35)39-24-16-12-11-14-22-37-28(33)8-4)17-18-29(34)38-23-15-10-9-13-21-36-27(32)7-3/h7-8,26H,3-6,9-25H2,1-2H3. The molecular formula is C30H51NO8. The Kier molecular flexibility index (Phi) is 23.8. The summed E-state index contributed by atoms with van der Waals surface area (Å²) in [6.45, 7) is 14.7. The Hall–Kier alpha value is -2.68. The van der Waals surface area contributed by atoms with Crippen LogP contribution in [0.15, 0.2) is 25.3 Å². The minimum atomic E-state index is -0.417. The van der Waals surface area contributed by atoms with Crippen molar-refractivity contribution in [1.29, 1.82) is 0 Å². The van der Waals surface area contributed by atoms with Gasteiger partial charge in [-0.15, -0.1) is 0 Å². The molecule has 0 aromatic rings. The van der Waals surface area contributed by atoms with Crippen molar-refractivity contribution in [3.63, 3.8) is 0 Å². The van der Waals surface area contributed by atoms with Crippen LogP contribution in [0.4, 0.5) is 0 Å². The van der Waals surface area contributed by atoms with Gasteiger partial charge in [0.25, 0.3) is 0 Å². The molecule has 0 aromatic carbocycles. The van der Waals surface area contributed by atoms with Crippen molar-refractivity contribution < 1.29 is 38.1 Å². The number of carbonyl (C=O) groups is 4. The van der Waals surface area contributed by atoms with Gasteiger partial charge in [-0.3, -0.25) is 9.59 Å². The summed E-state index contributed by atoms with van der Waals surface area (Å²) in [6, 6.07) is 0. The first-order valence-corrected chi connectivity index (χ1v) is 14.5. The van der Waals surface area contributed by atoms with E-state index in [-0.39, 0.29) is 24.3 Å². The first-order valence-electron chi connectivity index (χ1n) is 14.5. The second-order valence-corrected chi connectivity index (χ2v) is 9.50. The quantitative estimate of drug-likeness (QED) is 0.0620. The highest BCUT2D eigenvalue weighted by Gasteiger charge is 2.24. The van der Waals surface area contributed by atoms with Crippen molar-refractivity contribution in [2.24, 2.45) is 5.92 Å². The van der Waals surface area contributed by atoms with Gasteiger partial charge < -0.3 is 23.8 Å². The lowest BCUT2D eigenvalue weighted by Gasteiger charge is -2.26. The van der Waals surface area contributed by atoms with Crippen LogP contribution in [0.2, 0.25) is 0 Å². The molecule has 0 aliphatic rings. The summed E-state index contributed by atoms with van der Waals surface area (Å²) >= 11 is 0. The predicted octanol–water partition coefficient (Wildman–Crippen LogP) is 5.17. The van der Waals surface area contributed by atoms with E-state index < -0.39 is 11.9 Å². The molecule has 0 radical (unpaired) electrons. The largest absolute Gasteiger partial charge is 0.466 e. The van der Waals surface area contributed by atoms with E-state index in [0.29, 0.717) is 39.4 Å². The zero-order valence-corrected chi connectivity index (χ0v) is 24.3. The molecule has 224 valence electrons. The van der Waals surface area contributed by atoms with Gasteiger partial charge in [0.2, 0.25) is 0 Å². The van der Waals surface area contributed by atoms with E-state index in [1.165, 1.54) is 0 Å². The molecule has 0 amide bonds. The van der Waals surface area contributed by atoms with Crippen molar-refractivity contribution in [2.75, 3.05) is 46.1 Å². The van der Waals surface area contributed by atoms with E-state index in [4.69, 9.17) is 18.9 Å². The number of esters is 4. The summed E-state index contributed by atoms with van der Waals surface area (Å²) in [7, 11) is 0. The van der Waals surface area contributed by atoms with E-state index >= 15 is 0 Å². The summed E-state index contributed by atoms with van der Waals surface area (Å²) in [5.74, 6) is -1.79. The minimum Gasteiger partial charge on any atom is -0.466 e. The Bertz CT molecular complexity index is 703. The summed E-state index contributed by atoms with van der Waals surface area (Å²) in [5, 5.41) is 0. The molecule has 0 bridgehead atoms. The van der Waals surface area contributed by atoms with Crippen molar-refractivity contribution in [3.8, 4) is 0 Å². The average Bonchev–Trinajstić information content (AvgIpc) is 2.93. The molecule has 0 spiro atoms. The summed E-state index contributed by atoms with van der Waals surface area (Å²) in [6.07, 6.45) is 11.3. The van der Waals surface area contributed by atoms with Gasteiger partial charge in [-0.1, -0.05) is 27.0 Å². The molecule has 0 saturated heterocycles. The number of ether oxygens (including phenoxy) is 4. The number of unbranched alkanes of at least 4 members (excludes halogenated alkanes) is 6. The summed E-state index contributed by atoms with van der Waals surface area (Å²) in [5.41, 5.74) is 0. The summed E-state index contributed by atoms with van der Waals surface area (Å²) in [4.78, 5) is 49.5. The maximum absolute atomic E-state index is 12.9. The molecule has 1 unspecified atom stereocenters. The minimum absolute atomic E-state index is 0.173. The molecule has 9 nitrogen and oxygen atoms in total. The van der Waals surface area contributed by atoms with Crippen LogP contribution in [-0.2, 0) is 38.1 Å². The van der Waals surface area contributed by atoms with Gasteiger partial charge in [0, 0.05) is 25.1 Å². The van der Waals surface area contributed by atoms with Crippen molar-refractivity contribution in [2.45, 2.75) is 90.9 Å². The van der Waals surface area contributed by atoms with E-state index in [9.17, 15) is 19.2 Å². The van der Waals surface area contributed by atoms with Crippen LogP contribution in [0.5, 0.6) is 0 Å². The first-order chi connectivity index (χ1) is 18.9. The van der Waals surface area contributed by atoms with Gasteiger partial charge in [-0.25, -0.2) is 9.59 Å². The SMILES string of the molecule is C=CC(=O)OCCCCCCOC(=O)CCC(CN(CCC)CCC)C(=O)OCCCCCCOC(=O)C=C. The smallest absolute Gasteiger partial charge is 0.330 e. The third-order valence-electron chi connectivity index (χ3n) is 6.00. The lowest BCUT2D eigenvalue weighted by molar-refractivity contribution is -0.151. The van der Waals surface area contributed by atoms with Crippen LogP contribution in [0, 0.1) is 5.92 Å². The highest BCUT2D eigenvalue weighted by atomic mass is 16.5. The molecule has 39 heavy (non-hydrogen) atoms. The van der Waals surface area contributed by atoms with Gasteiger partial charge >= 0.3 is 23.9 Å². The topological polar surface area (TPSA) is 108 Å². The van der Waals surface area contributed by atoms with Crippen LogP contribution < -0.4 is 0 Å². The van der Waals surface area contributed by atoms with Crippen LogP contribution in [-0.4, -0.2) is 74.8 Å². The van der Waals surface area contributed by atoms with Gasteiger partial charge in [0.15, 0.2) is 0 Å². The fourth-order valence-electron chi connectivity index (χ4n) is 3.94. The highest BCUT2D eigenvalue weighted by molar-refractivity contribution is 5.81. The zero-order valence-electron chi connectivity index (χ0n) is 24.3. The molecule has 0 saturated carbocycles. The average molecular weight is 554 g/mol. The molecule has 0 aliphatic heterocycles. The highest BCUT2D eigenvalue weighted by Crippen LogP contribution is 2.14. The lowest BCUT2D eigenvalue weighted by atomic mass is 10.0. The molecule has 0 aromatic heterocycles. The monoisotopic (exact) mass is 553 g/mol. The second-order valence-electron chi connectivity index (χ2n) is 9.50. The first kappa shape index (κ1) is 36.3. The van der Waals surface area contributed by atoms with Gasteiger partial charge in [-0.05, 0) is 83.7 Å². The maximum Gasteiger partial charge on any atom is 0.330 e. The Balaban J connectivity index is 4.39. The van der Waals surface area contributed by atoms with Gasteiger partial charge in [0.05, 0.1) is 32.3 Å². The van der Waals surface area contributed by atoms with Crippen LogP contribution in [0.1, 0.15) is 90.9 Å². The van der Waals surface area contributed by atoms with Crippen LogP contribution in [0.3, 0.4) is 0 Å². The Labute approximate surface area is 235 Å². The number of hydrogen-bond donors (Lipinski definition) is 0. The van der Waals surface area contributed by atoms with E-state index in [1.54, 1.807) is 0 Å². The van der Waals surface area contributed by atoms with Gasteiger partial charge in [0.1, 0.15) is 0 Å². The van der Waals surface area contributed by atoms with Gasteiger partial charge in [-0.2, -0.15) is 0 Å².